The molecule has 0 fully saturated rings. The van der Waals surface area contributed by atoms with Crippen LogP contribution in [0.4, 0.5) is 0 Å². The molecule has 0 aromatic heterocycles. The van der Waals surface area contributed by atoms with Gasteiger partial charge in [-0.1, -0.05) is 69.7 Å². The Labute approximate surface area is 165 Å². The van der Waals surface area contributed by atoms with Crippen molar-refractivity contribution in [2.45, 2.75) is 52.1 Å². The molecule has 0 spiro atoms. The van der Waals surface area contributed by atoms with Gasteiger partial charge in [-0.15, -0.1) is 0 Å². The third-order valence-electron chi connectivity index (χ3n) is 5.04. The lowest BCUT2D eigenvalue weighted by atomic mass is 9.97. The van der Waals surface area contributed by atoms with Gasteiger partial charge >= 0.3 is 0 Å². The zero-order valence-corrected chi connectivity index (χ0v) is 16.7. The molecule has 2 aromatic rings. The molecular weight excluding hydrogens is 354 g/mol. The lowest BCUT2D eigenvalue weighted by Gasteiger charge is -2.25. The number of nitrogens with one attached hydrogen (secondary N) is 2. The molecule has 0 bridgehead atoms. The van der Waals surface area contributed by atoms with Crippen molar-refractivity contribution in [3.63, 3.8) is 0 Å². The van der Waals surface area contributed by atoms with Crippen LogP contribution in [0, 0.1) is 5.92 Å². The van der Waals surface area contributed by atoms with E-state index in [1.54, 1.807) is 6.92 Å². The zero-order valence-electron chi connectivity index (χ0n) is 16.7. The first kappa shape index (κ1) is 21.4. The number of amides is 3. The minimum atomic E-state index is -0.778. The van der Waals surface area contributed by atoms with E-state index in [1.807, 2.05) is 56.3 Å². The summed E-state index contributed by atoms with van der Waals surface area (Å²) in [4.78, 5) is 36.6. The van der Waals surface area contributed by atoms with Gasteiger partial charge in [-0.2, -0.15) is 0 Å². The minimum Gasteiger partial charge on any atom is -0.368 e. The normalized spacial score (nSPS) is 14.1. The molecule has 0 aliphatic rings. The van der Waals surface area contributed by atoms with Gasteiger partial charge in [0.1, 0.15) is 12.1 Å². The van der Waals surface area contributed by atoms with E-state index in [0.717, 1.165) is 16.3 Å². The predicted octanol–water partition coefficient (Wildman–Crippen LogP) is 2.29. The van der Waals surface area contributed by atoms with Crippen molar-refractivity contribution in [2.75, 3.05) is 0 Å². The van der Waals surface area contributed by atoms with Crippen LogP contribution in [0.15, 0.2) is 42.5 Å². The fourth-order valence-corrected chi connectivity index (χ4v) is 3.09. The van der Waals surface area contributed by atoms with Crippen molar-refractivity contribution in [2.24, 2.45) is 11.7 Å². The third-order valence-corrected chi connectivity index (χ3v) is 5.04. The average molecular weight is 383 g/mol. The van der Waals surface area contributed by atoms with Crippen molar-refractivity contribution in [3.8, 4) is 0 Å². The molecule has 0 heterocycles. The van der Waals surface area contributed by atoms with Crippen LogP contribution in [0.5, 0.6) is 0 Å². The van der Waals surface area contributed by atoms with E-state index < -0.39 is 23.9 Å². The Kier molecular flexibility index (Phi) is 7.55. The van der Waals surface area contributed by atoms with Crippen LogP contribution in [0.2, 0.25) is 0 Å². The van der Waals surface area contributed by atoms with Crippen molar-refractivity contribution < 1.29 is 14.4 Å². The number of carbonyl (C=O) groups is 3. The van der Waals surface area contributed by atoms with Gasteiger partial charge in [-0.3, -0.25) is 14.4 Å². The van der Waals surface area contributed by atoms with Gasteiger partial charge in [0.05, 0.1) is 0 Å². The Bertz CT molecular complexity index is 850. The number of rotatable bonds is 9. The molecule has 0 saturated heterocycles. The number of benzene rings is 2. The quantitative estimate of drug-likeness (QED) is 0.619. The number of hydrogen-bond acceptors (Lipinski definition) is 3. The van der Waals surface area contributed by atoms with Gasteiger partial charge < -0.3 is 16.4 Å². The summed E-state index contributed by atoms with van der Waals surface area (Å²) in [6.45, 7) is 5.52. The molecule has 0 unspecified atom stereocenters. The van der Waals surface area contributed by atoms with Crippen LogP contribution in [-0.2, 0) is 20.8 Å². The van der Waals surface area contributed by atoms with Crippen LogP contribution in [0.25, 0.3) is 10.8 Å². The molecule has 3 atom stereocenters. The topological polar surface area (TPSA) is 101 Å². The number of fused-ring (bicyclic) bond motifs is 1. The lowest BCUT2D eigenvalue weighted by molar-refractivity contribution is -0.132. The van der Waals surface area contributed by atoms with E-state index in [2.05, 4.69) is 10.6 Å². The summed E-state index contributed by atoms with van der Waals surface area (Å²) >= 11 is 0. The fourth-order valence-electron chi connectivity index (χ4n) is 3.09. The van der Waals surface area contributed by atoms with Gasteiger partial charge in [0.15, 0.2) is 0 Å². The molecule has 0 aliphatic heterocycles. The van der Waals surface area contributed by atoms with E-state index in [4.69, 9.17) is 5.73 Å². The molecule has 0 radical (unpaired) electrons. The summed E-state index contributed by atoms with van der Waals surface area (Å²) < 4.78 is 0. The number of primary amides is 1. The van der Waals surface area contributed by atoms with Crippen LogP contribution in [0.1, 0.15) is 39.2 Å². The van der Waals surface area contributed by atoms with Gasteiger partial charge in [-0.25, -0.2) is 0 Å². The van der Waals surface area contributed by atoms with Crippen LogP contribution < -0.4 is 16.4 Å². The summed E-state index contributed by atoms with van der Waals surface area (Å²) in [6.07, 6.45) is 1.30. The van der Waals surface area contributed by atoms with Gasteiger partial charge in [0.2, 0.25) is 17.7 Å². The van der Waals surface area contributed by atoms with Crippen molar-refractivity contribution in [1.29, 1.82) is 0 Å². The monoisotopic (exact) mass is 383 g/mol. The first-order valence-corrected chi connectivity index (χ1v) is 9.72. The summed E-state index contributed by atoms with van der Waals surface area (Å²) in [7, 11) is 0. The highest BCUT2D eigenvalue weighted by atomic mass is 16.2. The molecule has 150 valence electrons. The smallest absolute Gasteiger partial charge is 0.243 e. The maximum absolute atomic E-state index is 12.9. The Balaban J connectivity index is 2.23. The minimum absolute atomic E-state index is 0.0929. The highest BCUT2D eigenvalue weighted by Crippen LogP contribution is 2.17. The van der Waals surface area contributed by atoms with Crippen molar-refractivity contribution in [1.82, 2.24) is 10.6 Å². The fraction of sp³-hybridized carbons (Fsp3) is 0.409. The third kappa shape index (κ3) is 5.55. The van der Waals surface area contributed by atoms with E-state index >= 15 is 0 Å². The summed E-state index contributed by atoms with van der Waals surface area (Å²) in [5.74, 6) is -1.29. The van der Waals surface area contributed by atoms with Crippen LogP contribution in [-0.4, -0.2) is 29.8 Å². The molecule has 2 aromatic carbocycles. The first-order valence-electron chi connectivity index (χ1n) is 9.72. The number of nitrogens with two attached hydrogens (primary N) is 1. The van der Waals surface area contributed by atoms with Crippen molar-refractivity contribution >= 4 is 28.5 Å². The molecule has 6 heteroatoms. The first-order chi connectivity index (χ1) is 13.3. The number of carbonyl (C=O) groups excluding carboxylic acids is 3. The molecular formula is C22H29N3O3. The maximum Gasteiger partial charge on any atom is 0.243 e. The van der Waals surface area contributed by atoms with E-state index in [9.17, 15) is 14.4 Å². The van der Waals surface area contributed by atoms with Crippen LogP contribution in [0.3, 0.4) is 0 Å². The van der Waals surface area contributed by atoms with E-state index in [0.29, 0.717) is 12.8 Å². The van der Waals surface area contributed by atoms with Gasteiger partial charge in [-0.05, 0) is 22.3 Å². The highest BCUT2D eigenvalue weighted by molar-refractivity contribution is 5.92. The summed E-state index contributed by atoms with van der Waals surface area (Å²) in [6, 6.07) is 12.4. The van der Waals surface area contributed by atoms with E-state index in [-0.39, 0.29) is 18.2 Å². The molecule has 4 N–H and O–H groups in total. The lowest BCUT2D eigenvalue weighted by Crippen LogP contribution is -2.55. The van der Waals surface area contributed by atoms with Crippen LogP contribution >= 0.6 is 0 Å². The average Bonchev–Trinajstić information content (AvgIpc) is 2.70. The Hall–Kier alpha value is -2.89. The molecule has 6 nitrogen and oxygen atoms in total. The highest BCUT2D eigenvalue weighted by Gasteiger charge is 2.28. The molecule has 3 amide bonds. The summed E-state index contributed by atoms with van der Waals surface area (Å²) in [5.41, 5.74) is 6.39. The molecule has 2 rings (SSSR count). The second-order valence-electron chi connectivity index (χ2n) is 7.13. The van der Waals surface area contributed by atoms with Gasteiger partial charge in [0.25, 0.3) is 0 Å². The van der Waals surface area contributed by atoms with E-state index in [1.165, 1.54) is 0 Å². The zero-order chi connectivity index (χ0) is 20.7. The standard InChI is InChI=1S/C22H29N3O3/c1-4-14(3)20(21(23)27)25-22(28)18(24-19(26)5-2)13-15-10-11-16-8-6-7-9-17(16)12-15/h6-12,14,18,20H,4-5,13H2,1-3H3,(H2,23,27)(H,24,26)(H,25,28)/t14-,18-,20-/m0/s1. The summed E-state index contributed by atoms with van der Waals surface area (Å²) in [5, 5.41) is 7.66. The molecule has 28 heavy (non-hydrogen) atoms. The molecule has 0 saturated carbocycles. The molecule has 0 aliphatic carbocycles. The van der Waals surface area contributed by atoms with Gasteiger partial charge in [0, 0.05) is 12.8 Å². The second-order valence-corrected chi connectivity index (χ2v) is 7.13. The SMILES string of the molecule is CCC(=O)N[C@@H](Cc1ccc2ccccc2c1)C(=O)N[C@H](C(N)=O)[C@@H](C)CC. The maximum atomic E-state index is 12.9. The Morgan fingerprint density at radius 2 is 1.68 bits per heavy atom. The predicted molar refractivity (Wildman–Crippen MR) is 110 cm³/mol. The van der Waals surface area contributed by atoms with Crippen molar-refractivity contribution in [3.05, 3.63) is 48.0 Å². The Morgan fingerprint density at radius 1 is 1.00 bits per heavy atom. The largest absolute Gasteiger partial charge is 0.368 e. The second kappa shape index (κ2) is 9.88. The Morgan fingerprint density at radius 3 is 2.29 bits per heavy atom. The number of hydrogen-bond donors (Lipinski definition) is 3.